The third-order valence-corrected chi connectivity index (χ3v) is 0.749. The van der Waals surface area contributed by atoms with E-state index in [0.29, 0.717) is 0 Å². The van der Waals surface area contributed by atoms with Gasteiger partial charge in [0.15, 0.2) is 0 Å². The lowest BCUT2D eigenvalue weighted by molar-refractivity contribution is 0.691. The number of terminal acetylenes is 1. The van der Waals surface area contributed by atoms with Crippen molar-refractivity contribution in [1.82, 2.24) is 0 Å². The van der Waals surface area contributed by atoms with E-state index in [4.69, 9.17) is 6.42 Å². The van der Waals surface area contributed by atoms with Crippen LogP contribution in [-0.4, -0.2) is 12.3 Å². The predicted octanol–water partition coefficient (Wildman–Crippen LogP) is 1.10. The minimum absolute atomic E-state index is 0.375. The summed E-state index contributed by atoms with van der Waals surface area (Å²) in [5, 5.41) is 0. The Morgan fingerprint density at radius 2 is 2.14 bits per heavy atom. The van der Waals surface area contributed by atoms with Crippen LogP contribution in [0.5, 0.6) is 0 Å². The van der Waals surface area contributed by atoms with E-state index in [1.165, 1.54) is 0 Å². The minimum atomic E-state index is -0.375. The molecule has 0 unspecified atom stereocenters. The van der Waals surface area contributed by atoms with Crippen LogP contribution in [0.1, 0.15) is 13.8 Å². The van der Waals surface area contributed by atoms with Crippen LogP contribution >= 0.6 is 0 Å². The van der Waals surface area contributed by atoms with Crippen LogP contribution in [0.25, 0.3) is 0 Å². The molecule has 0 aliphatic heterocycles. The summed E-state index contributed by atoms with van der Waals surface area (Å²) in [6.07, 6.45) is 5.03. The first-order valence-corrected chi connectivity index (χ1v) is 2.08. The van der Waals surface area contributed by atoms with Gasteiger partial charge in [-0.05, 0) is 20.6 Å². The summed E-state index contributed by atoms with van der Waals surface area (Å²) in [4.78, 5) is 3.65. The van der Waals surface area contributed by atoms with Gasteiger partial charge in [0.2, 0.25) is 0 Å². The van der Waals surface area contributed by atoms with Crippen molar-refractivity contribution in [2.24, 2.45) is 4.99 Å². The Kier molecular flexibility index (Phi) is 1.59. The Balaban J connectivity index is 3.91. The van der Waals surface area contributed by atoms with E-state index in [1.807, 2.05) is 13.8 Å². The number of rotatable bonds is 1. The Morgan fingerprint density at radius 1 is 1.71 bits per heavy atom. The molecule has 0 saturated heterocycles. The molecule has 0 aliphatic rings. The summed E-state index contributed by atoms with van der Waals surface area (Å²) < 4.78 is 0. The van der Waals surface area contributed by atoms with Gasteiger partial charge in [-0.2, -0.15) is 0 Å². The van der Waals surface area contributed by atoms with Crippen molar-refractivity contribution in [1.29, 1.82) is 0 Å². The van der Waals surface area contributed by atoms with Crippen LogP contribution in [0.4, 0.5) is 0 Å². The fourth-order valence-electron chi connectivity index (χ4n) is 0.0456. The predicted molar refractivity (Wildman–Crippen MR) is 32.5 cm³/mol. The summed E-state index contributed by atoms with van der Waals surface area (Å²) in [6.45, 7) is 6.98. The van der Waals surface area contributed by atoms with Gasteiger partial charge in [-0.3, -0.25) is 4.99 Å². The Bertz CT molecular complexity index is 106. The first-order chi connectivity index (χ1) is 3.12. The molecular formula is C6H9N. The molecule has 0 amide bonds. The van der Waals surface area contributed by atoms with E-state index < -0.39 is 0 Å². The molecule has 0 rings (SSSR count). The smallest absolute Gasteiger partial charge is 0.114 e. The number of aliphatic imine (C=N–C) groups is 1. The van der Waals surface area contributed by atoms with Crippen molar-refractivity contribution in [2.75, 3.05) is 0 Å². The molecule has 0 bridgehead atoms. The lowest BCUT2D eigenvalue weighted by atomic mass is 10.1. The van der Waals surface area contributed by atoms with Crippen LogP contribution in [0.3, 0.4) is 0 Å². The van der Waals surface area contributed by atoms with Gasteiger partial charge in [0.1, 0.15) is 5.54 Å². The summed E-state index contributed by atoms with van der Waals surface area (Å²) in [5.74, 6) is 2.46. The zero-order valence-electron chi connectivity index (χ0n) is 4.73. The summed E-state index contributed by atoms with van der Waals surface area (Å²) in [5.41, 5.74) is -0.375. The minimum Gasteiger partial charge on any atom is -0.282 e. The lowest BCUT2D eigenvalue weighted by Gasteiger charge is -2.06. The molecule has 38 valence electrons. The number of nitrogens with zero attached hydrogens (tertiary/aromatic N) is 1. The van der Waals surface area contributed by atoms with Gasteiger partial charge >= 0.3 is 0 Å². The fourth-order valence-corrected chi connectivity index (χ4v) is 0.0456. The van der Waals surface area contributed by atoms with Gasteiger partial charge in [0.25, 0.3) is 0 Å². The third-order valence-electron chi connectivity index (χ3n) is 0.749. The average molecular weight is 95.1 g/mol. The van der Waals surface area contributed by atoms with Crippen molar-refractivity contribution in [3.8, 4) is 12.3 Å². The summed E-state index contributed by atoms with van der Waals surface area (Å²) in [7, 11) is 0. The van der Waals surface area contributed by atoms with Crippen LogP contribution < -0.4 is 0 Å². The van der Waals surface area contributed by atoms with Gasteiger partial charge in [-0.25, -0.2) is 0 Å². The highest BCUT2D eigenvalue weighted by Crippen LogP contribution is 2.02. The first kappa shape index (κ1) is 6.23. The molecule has 0 spiro atoms. The SMILES string of the molecule is C#CC(C)(C)N=C. The van der Waals surface area contributed by atoms with Gasteiger partial charge in [0.05, 0.1) is 0 Å². The Labute approximate surface area is 44.5 Å². The zero-order valence-corrected chi connectivity index (χ0v) is 4.73. The molecule has 0 heterocycles. The second-order valence-electron chi connectivity index (χ2n) is 1.86. The first-order valence-electron chi connectivity index (χ1n) is 2.08. The van der Waals surface area contributed by atoms with Crippen molar-refractivity contribution in [3.63, 3.8) is 0 Å². The topological polar surface area (TPSA) is 12.4 Å². The molecule has 0 aromatic rings. The molecule has 0 aliphatic carbocycles. The maximum atomic E-state index is 5.03. The standard InChI is InChI=1S/C6H9N/c1-5-6(2,3)7-4/h1H,4H2,2-3H3. The molecule has 0 aromatic carbocycles. The maximum Gasteiger partial charge on any atom is 0.114 e. The zero-order chi connectivity index (χ0) is 5.91. The van der Waals surface area contributed by atoms with Gasteiger partial charge in [-0.15, -0.1) is 6.42 Å². The van der Waals surface area contributed by atoms with E-state index in [9.17, 15) is 0 Å². The highest BCUT2D eigenvalue weighted by Gasteiger charge is 2.06. The van der Waals surface area contributed by atoms with Crippen LogP contribution in [0.2, 0.25) is 0 Å². The highest BCUT2D eigenvalue weighted by molar-refractivity contribution is 5.28. The van der Waals surface area contributed by atoms with Crippen molar-refractivity contribution < 1.29 is 0 Å². The highest BCUT2D eigenvalue weighted by atomic mass is 14.8. The van der Waals surface area contributed by atoms with E-state index in [1.54, 1.807) is 0 Å². The Hall–Kier alpha value is -0.770. The van der Waals surface area contributed by atoms with Crippen LogP contribution in [0, 0.1) is 12.3 Å². The second-order valence-corrected chi connectivity index (χ2v) is 1.86. The monoisotopic (exact) mass is 95.1 g/mol. The fraction of sp³-hybridized carbons (Fsp3) is 0.500. The third kappa shape index (κ3) is 1.99. The van der Waals surface area contributed by atoms with Gasteiger partial charge in [-0.1, -0.05) is 5.92 Å². The van der Waals surface area contributed by atoms with E-state index >= 15 is 0 Å². The number of hydrogen-bond acceptors (Lipinski definition) is 1. The molecule has 0 fully saturated rings. The molecule has 0 atom stereocenters. The lowest BCUT2D eigenvalue weighted by Crippen LogP contribution is -2.10. The molecule has 0 aromatic heterocycles. The maximum absolute atomic E-state index is 5.03. The van der Waals surface area contributed by atoms with Crippen LogP contribution in [-0.2, 0) is 0 Å². The Morgan fingerprint density at radius 3 is 2.14 bits per heavy atom. The van der Waals surface area contributed by atoms with E-state index in [2.05, 4.69) is 17.6 Å². The van der Waals surface area contributed by atoms with Crippen LogP contribution in [0.15, 0.2) is 4.99 Å². The summed E-state index contributed by atoms with van der Waals surface area (Å²) >= 11 is 0. The van der Waals surface area contributed by atoms with Crippen molar-refractivity contribution >= 4 is 6.72 Å². The molecule has 0 saturated carbocycles. The normalized spacial score (nSPS) is 9.86. The largest absolute Gasteiger partial charge is 0.282 e. The van der Waals surface area contributed by atoms with Crippen molar-refractivity contribution in [3.05, 3.63) is 0 Å². The molecule has 1 nitrogen and oxygen atoms in total. The van der Waals surface area contributed by atoms with Crippen molar-refractivity contribution in [2.45, 2.75) is 19.4 Å². The molecule has 1 heteroatoms. The second kappa shape index (κ2) is 1.79. The number of hydrogen-bond donors (Lipinski definition) is 0. The molecule has 7 heavy (non-hydrogen) atoms. The molecular weight excluding hydrogens is 86.1 g/mol. The quantitative estimate of drug-likeness (QED) is 0.341. The molecule has 0 N–H and O–H groups in total. The van der Waals surface area contributed by atoms with Gasteiger partial charge < -0.3 is 0 Å². The van der Waals surface area contributed by atoms with E-state index in [0.717, 1.165) is 0 Å². The summed E-state index contributed by atoms with van der Waals surface area (Å²) in [6, 6.07) is 0. The molecule has 0 radical (unpaired) electrons. The van der Waals surface area contributed by atoms with Gasteiger partial charge in [0, 0.05) is 0 Å². The average Bonchev–Trinajstić information content (AvgIpc) is 1.68. The van der Waals surface area contributed by atoms with E-state index in [-0.39, 0.29) is 5.54 Å².